The summed E-state index contributed by atoms with van der Waals surface area (Å²) in [6.45, 7) is -0.467. The van der Waals surface area contributed by atoms with Gasteiger partial charge in [-0.2, -0.15) is 0 Å². The van der Waals surface area contributed by atoms with Crippen molar-refractivity contribution in [2.24, 2.45) is 0 Å². The number of hydrogen-bond donors (Lipinski definition) is 1. The molecule has 0 saturated heterocycles. The van der Waals surface area contributed by atoms with Crippen LogP contribution in [0.4, 0.5) is 4.39 Å². The Balaban J connectivity index is 2.00. The standard InChI is InChI=1S/C6H9FO3/c7-6(1-2-6)4-10-3-5(8)9/h1-4H2,(H,8,9). The number of carbonyl (C=O) groups is 1. The van der Waals surface area contributed by atoms with E-state index in [1.54, 1.807) is 0 Å². The van der Waals surface area contributed by atoms with Crippen molar-refractivity contribution in [2.75, 3.05) is 13.2 Å². The Labute approximate surface area is 57.8 Å². The Morgan fingerprint density at radius 1 is 1.70 bits per heavy atom. The van der Waals surface area contributed by atoms with Crippen LogP contribution in [0, 0.1) is 0 Å². The van der Waals surface area contributed by atoms with E-state index in [4.69, 9.17) is 5.11 Å². The van der Waals surface area contributed by atoms with Crippen molar-refractivity contribution in [2.45, 2.75) is 18.5 Å². The molecule has 3 nitrogen and oxygen atoms in total. The minimum atomic E-state index is -1.20. The third-order valence-electron chi connectivity index (χ3n) is 1.38. The zero-order valence-electron chi connectivity index (χ0n) is 5.47. The number of rotatable bonds is 4. The zero-order chi connectivity index (χ0) is 7.61. The van der Waals surface area contributed by atoms with Gasteiger partial charge < -0.3 is 9.84 Å². The van der Waals surface area contributed by atoms with Crippen LogP contribution in [0.2, 0.25) is 0 Å². The van der Waals surface area contributed by atoms with Gasteiger partial charge in [0.25, 0.3) is 0 Å². The highest BCUT2D eigenvalue weighted by Crippen LogP contribution is 2.39. The Morgan fingerprint density at radius 3 is 2.70 bits per heavy atom. The topological polar surface area (TPSA) is 46.5 Å². The lowest BCUT2D eigenvalue weighted by Crippen LogP contribution is -2.15. The van der Waals surface area contributed by atoms with Crippen LogP contribution in [-0.2, 0) is 9.53 Å². The largest absolute Gasteiger partial charge is 0.480 e. The van der Waals surface area contributed by atoms with Gasteiger partial charge in [0.1, 0.15) is 12.3 Å². The third-order valence-corrected chi connectivity index (χ3v) is 1.38. The molecule has 1 saturated carbocycles. The molecule has 1 fully saturated rings. The molecular weight excluding hydrogens is 139 g/mol. The molecule has 4 heteroatoms. The SMILES string of the molecule is O=C(O)COCC1(F)CC1. The molecule has 1 rings (SSSR count). The number of hydrogen-bond acceptors (Lipinski definition) is 2. The summed E-state index contributed by atoms with van der Waals surface area (Å²) in [6.07, 6.45) is 1.01. The summed E-state index contributed by atoms with van der Waals surface area (Å²) >= 11 is 0. The van der Waals surface area contributed by atoms with Gasteiger partial charge in [-0.15, -0.1) is 0 Å². The smallest absolute Gasteiger partial charge is 0.329 e. The maximum atomic E-state index is 12.6. The number of alkyl halides is 1. The van der Waals surface area contributed by atoms with Crippen LogP contribution in [-0.4, -0.2) is 30.0 Å². The second kappa shape index (κ2) is 2.54. The van der Waals surface area contributed by atoms with Crippen molar-refractivity contribution >= 4 is 5.97 Å². The maximum absolute atomic E-state index is 12.6. The Hall–Kier alpha value is -0.640. The first-order chi connectivity index (χ1) is 4.62. The van der Waals surface area contributed by atoms with Gasteiger partial charge in [0.2, 0.25) is 0 Å². The number of carboxylic acid groups (broad SMARTS) is 1. The molecule has 1 aliphatic rings. The van der Waals surface area contributed by atoms with E-state index in [0.717, 1.165) is 0 Å². The van der Waals surface area contributed by atoms with Crippen molar-refractivity contribution in [3.05, 3.63) is 0 Å². The fourth-order valence-electron chi connectivity index (χ4n) is 0.601. The average molecular weight is 148 g/mol. The van der Waals surface area contributed by atoms with Crippen LogP contribution in [0.1, 0.15) is 12.8 Å². The van der Waals surface area contributed by atoms with Gasteiger partial charge in [-0.1, -0.05) is 0 Å². The molecule has 58 valence electrons. The Bertz CT molecular complexity index is 142. The van der Waals surface area contributed by atoms with Gasteiger partial charge in [0.05, 0.1) is 6.61 Å². The van der Waals surface area contributed by atoms with Crippen LogP contribution < -0.4 is 0 Å². The number of halogens is 1. The minimum absolute atomic E-state index is 0.0701. The van der Waals surface area contributed by atoms with E-state index in [1.165, 1.54) is 0 Å². The lowest BCUT2D eigenvalue weighted by atomic mass is 10.4. The van der Waals surface area contributed by atoms with E-state index in [0.29, 0.717) is 12.8 Å². The van der Waals surface area contributed by atoms with Crippen LogP contribution in [0.5, 0.6) is 0 Å². The van der Waals surface area contributed by atoms with E-state index in [2.05, 4.69) is 4.74 Å². The number of ether oxygens (including phenoxy) is 1. The molecule has 0 aromatic heterocycles. The van der Waals surface area contributed by atoms with Crippen molar-refractivity contribution in [1.29, 1.82) is 0 Å². The van der Waals surface area contributed by atoms with E-state index < -0.39 is 18.2 Å². The molecule has 0 aliphatic heterocycles. The Morgan fingerprint density at radius 2 is 2.30 bits per heavy atom. The summed E-state index contributed by atoms with van der Waals surface area (Å²) in [6, 6.07) is 0. The first kappa shape index (κ1) is 7.47. The summed E-state index contributed by atoms with van der Waals surface area (Å²) in [5, 5.41) is 8.08. The van der Waals surface area contributed by atoms with Gasteiger partial charge in [0.15, 0.2) is 0 Å². The number of aliphatic carboxylic acids is 1. The lowest BCUT2D eigenvalue weighted by Gasteiger charge is -2.02. The quantitative estimate of drug-likeness (QED) is 0.634. The van der Waals surface area contributed by atoms with E-state index >= 15 is 0 Å². The minimum Gasteiger partial charge on any atom is -0.480 e. The highest BCUT2D eigenvalue weighted by Gasteiger charge is 2.43. The first-order valence-corrected chi connectivity index (χ1v) is 3.11. The molecule has 0 atom stereocenters. The van der Waals surface area contributed by atoms with E-state index in [1.807, 2.05) is 0 Å². The Kier molecular flexibility index (Phi) is 1.89. The van der Waals surface area contributed by atoms with Crippen LogP contribution >= 0.6 is 0 Å². The molecule has 0 bridgehead atoms. The monoisotopic (exact) mass is 148 g/mol. The van der Waals surface area contributed by atoms with Crippen LogP contribution in [0.3, 0.4) is 0 Å². The van der Waals surface area contributed by atoms with Crippen molar-refractivity contribution < 1.29 is 19.0 Å². The van der Waals surface area contributed by atoms with Crippen LogP contribution in [0.15, 0.2) is 0 Å². The fraction of sp³-hybridized carbons (Fsp3) is 0.833. The van der Waals surface area contributed by atoms with Crippen LogP contribution in [0.25, 0.3) is 0 Å². The average Bonchev–Trinajstić information content (AvgIpc) is 2.47. The van der Waals surface area contributed by atoms with Gasteiger partial charge in [-0.25, -0.2) is 9.18 Å². The van der Waals surface area contributed by atoms with Gasteiger partial charge in [0, 0.05) is 0 Å². The van der Waals surface area contributed by atoms with Gasteiger partial charge in [-0.3, -0.25) is 0 Å². The molecule has 0 heterocycles. The molecule has 1 aliphatic carbocycles. The second-order valence-electron chi connectivity index (χ2n) is 2.54. The second-order valence-corrected chi connectivity index (χ2v) is 2.54. The molecular formula is C6H9FO3. The van der Waals surface area contributed by atoms with Gasteiger partial charge >= 0.3 is 5.97 Å². The van der Waals surface area contributed by atoms with E-state index in [9.17, 15) is 9.18 Å². The molecule has 0 radical (unpaired) electrons. The fourth-order valence-corrected chi connectivity index (χ4v) is 0.601. The highest BCUT2D eigenvalue weighted by molar-refractivity contribution is 5.67. The molecule has 0 amide bonds. The maximum Gasteiger partial charge on any atom is 0.329 e. The summed E-state index contributed by atoms with van der Waals surface area (Å²) in [5.74, 6) is -1.05. The molecule has 1 N–H and O–H groups in total. The highest BCUT2D eigenvalue weighted by atomic mass is 19.1. The van der Waals surface area contributed by atoms with Crippen molar-refractivity contribution in [3.8, 4) is 0 Å². The summed E-state index contributed by atoms with van der Waals surface area (Å²) in [5.41, 5.74) is -1.20. The van der Waals surface area contributed by atoms with Crippen molar-refractivity contribution in [3.63, 3.8) is 0 Å². The summed E-state index contributed by atoms with van der Waals surface area (Å²) in [4.78, 5) is 9.86. The molecule has 0 aromatic rings. The predicted molar refractivity (Wildman–Crippen MR) is 31.5 cm³/mol. The third kappa shape index (κ3) is 2.31. The molecule has 0 spiro atoms. The molecule has 0 unspecified atom stereocenters. The van der Waals surface area contributed by atoms with Crippen molar-refractivity contribution in [1.82, 2.24) is 0 Å². The summed E-state index contributed by atoms with van der Waals surface area (Å²) in [7, 11) is 0. The molecule has 10 heavy (non-hydrogen) atoms. The normalized spacial score (nSPS) is 20.5. The predicted octanol–water partition coefficient (Wildman–Crippen LogP) is 0.590. The molecule has 0 aromatic carbocycles. The summed E-state index contributed by atoms with van der Waals surface area (Å²) < 4.78 is 17.2. The first-order valence-electron chi connectivity index (χ1n) is 3.11. The number of carboxylic acids is 1. The zero-order valence-corrected chi connectivity index (χ0v) is 5.47. The van der Waals surface area contributed by atoms with Gasteiger partial charge in [-0.05, 0) is 12.8 Å². The van der Waals surface area contributed by atoms with E-state index in [-0.39, 0.29) is 6.61 Å². The lowest BCUT2D eigenvalue weighted by molar-refractivity contribution is -0.142.